The van der Waals surface area contributed by atoms with E-state index >= 15 is 0 Å². The number of aromatic nitrogens is 2. The molecule has 1 aliphatic rings. The third-order valence-corrected chi connectivity index (χ3v) is 5.41. The summed E-state index contributed by atoms with van der Waals surface area (Å²) in [7, 11) is 1.70. The maximum absolute atomic E-state index is 12.8. The lowest BCUT2D eigenvalue weighted by Crippen LogP contribution is -2.53. The first-order valence-corrected chi connectivity index (χ1v) is 8.56. The van der Waals surface area contributed by atoms with E-state index < -0.39 is 4.75 Å². The number of fused-ring (bicyclic) bond motifs is 1. The Hall–Kier alpha value is -2.28. The van der Waals surface area contributed by atoms with Crippen LogP contribution in [0.25, 0.3) is 0 Å². The maximum atomic E-state index is 12.8. The van der Waals surface area contributed by atoms with Crippen LogP contribution >= 0.6 is 11.8 Å². The summed E-state index contributed by atoms with van der Waals surface area (Å²) in [4.78, 5) is 28.1. The number of nitrogens with one attached hydrogen (secondary N) is 1. The zero-order chi connectivity index (χ0) is 17.5. The van der Waals surface area contributed by atoms with E-state index in [-0.39, 0.29) is 17.9 Å². The van der Waals surface area contributed by atoms with Gasteiger partial charge in [0.15, 0.2) is 4.75 Å². The van der Waals surface area contributed by atoms with E-state index in [1.54, 1.807) is 35.9 Å². The van der Waals surface area contributed by atoms with Crippen molar-refractivity contribution < 1.29 is 9.59 Å². The van der Waals surface area contributed by atoms with Crippen LogP contribution in [0.5, 0.6) is 0 Å². The minimum absolute atomic E-state index is 0.204. The summed E-state index contributed by atoms with van der Waals surface area (Å²) in [5.74, 6) is -0.581. The van der Waals surface area contributed by atoms with Gasteiger partial charge in [0, 0.05) is 24.2 Å². The highest BCUT2D eigenvalue weighted by Crippen LogP contribution is 2.45. The Bertz CT molecular complexity index is 801. The Morgan fingerprint density at radius 2 is 2.04 bits per heavy atom. The third-order valence-electron chi connectivity index (χ3n) is 4.08. The predicted octanol–water partition coefficient (Wildman–Crippen LogP) is 2.93. The Morgan fingerprint density at radius 3 is 2.71 bits per heavy atom. The number of amides is 2. The van der Waals surface area contributed by atoms with Crippen molar-refractivity contribution in [2.75, 3.05) is 17.3 Å². The molecular weight excluding hydrogens is 324 g/mol. The first kappa shape index (κ1) is 16.6. The Kier molecular flexibility index (Phi) is 4.13. The van der Waals surface area contributed by atoms with Gasteiger partial charge in [0.05, 0.1) is 17.6 Å². The normalized spacial score (nSPS) is 20.2. The van der Waals surface area contributed by atoms with Crippen molar-refractivity contribution in [1.82, 2.24) is 9.78 Å². The molecule has 6 nitrogen and oxygen atoms in total. The molecule has 0 fully saturated rings. The number of nitrogens with zero attached hydrogens (tertiary/aromatic N) is 3. The predicted molar refractivity (Wildman–Crippen MR) is 95.4 cm³/mol. The number of carbonyl (C=O) groups is 2. The molecule has 0 aliphatic carbocycles. The summed E-state index contributed by atoms with van der Waals surface area (Å²) in [5.41, 5.74) is 1.41. The molecule has 3 rings (SSSR count). The van der Waals surface area contributed by atoms with Gasteiger partial charge in [-0.1, -0.05) is 23.9 Å². The molecule has 0 saturated heterocycles. The third kappa shape index (κ3) is 2.69. The smallest absolute Gasteiger partial charge is 0.252 e. The summed E-state index contributed by atoms with van der Waals surface area (Å²) in [6.07, 6.45) is 3.36. The van der Waals surface area contributed by atoms with Gasteiger partial charge in [-0.2, -0.15) is 5.10 Å². The largest absolute Gasteiger partial charge is 0.322 e. The zero-order valence-electron chi connectivity index (χ0n) is 14.1. The van der Waals surface area contributed by atoms with Crippen molar-refractivity contribution in [1.29, 1.82) is 0 Å². The summed E-state index contributed by atoms with van der Waals surface area (Å²) < 4.78 is 0.540. The molecule has 1 N–H and O–H groups in total. The molecule has 1 atom stereocenters. The van der Waals surface area contributed by atoms with Crippen LogP contribution in [-0.4, -0.2) is 33.4 Å². The minimum Gasteiger partial charge on any atom is -0.322 e. The highest BCUT2D eigenvalue weighted by molar-refractivity contribution is 8.02. The lowest BCUT2D eigenvalue weighted by molar-refractivity contribution is -0.128. The fourth-order valence-corrected chi connectivity index (χ4v) is 3.86. The van der Waals surface area contributed by atoms with Gasteiger partial charge in [-0.15, -0.1) is 0 Å². The number of thioether (sulfide) groups is 1. The summed E-state index contributed by atoms with van der Waals surface area (Å²) in [6.45, 7) is 5.67. The Balaban J connectivity index is 1.87. The van der Waals surface area contributed by atoms with Crippen molar-refractivity contribution in [3.63, 3.8) is 0 Å². The fourth-order valence-electron chi connectivity index (χ4n) is 2.59. The second-order valence-corrected chi connectivity index (χ2v) is 7.68. The molecule has 0 bridgehead atoms. The van der Waals surface area contributed by atoms with Crippen LogP contribution in [0.3, 0.4) is 0 Å². The second kappa shape index (κ2) is 5.98. The molecule has 2 heterocycles. The molecule has 1 aromatic heterocycles. The van der Waals surface area contributed by atoms with Gasteiger partial charge in [-0.05, 0) is 32.9 Å². The number of carbonyl (C=O) groups excluding carboxylic acids is 2. The molecule has 126 valence electrons. The lowest BCUT2D eigenvalue weighted by Gasteiger charge is -2.36. The summed E-state index contributed by atoms with van der Waals surface area (Å²) in [5, 5.41) is 7.02. The van der Waals surface area contributed by atoms with Crippen LogP contribution in [0, 0.1) is 0 Å². The molecule has 0 saturated carbocycles. The fraction of sp³-hybridized carbons (Fsp3) is 0.353. The van der Waals surface area contributed by atoms with E-state index in [4.69, 9.17) is 0 Å². The second-order valence-electron chi connectivity index (χ2n) is 6.22. The zero-order valence-corrected chi connectivity index (χ0v) is 14.9. The number of hydrogen-bond acceptors (Lipinski definition) is 4. The maximum Gasteiger partial charge on any atom is 0.252 e. The van der Waals surface area contributed by atoms with Crippen molar-refractivity contribution in [3.05, 3.63) is 36.7 Å². The molecule has 1 aromatic carbocycles. The molecule has 0 spiro atoms. The average Bonchev–Trinajstić information content (AvgIpc) is 3.01. The minimum atomic E-state index is -1.22. The van der Waals surface area contributed by atoms with E-state index in [0.717, 1.165) is 10.6 Å². The number of rotatable bonds is 3. The SMILES string of the molecule is CC(C)n1cc(NC(=O)C2(C)Sc3ccccc3N(C)C2=O)cn1. The van der Waals surface area contributed by atoms with Crippen LogP contribution < -0.4 is 10.2 Å². The lowest BCUT2D eigenvalue weighted by atomic mass is 10.1. The molecule has 24 heavy (non-hydrogen) atoms. The highest BCUT2D eigenvalue weighted by atomic mass is 32.2. The molecule has 2 aromatic rings. The van der Waals surface area contributed by atoms with E-state index in [1.807, 2.05) is 38.1 Å². The van der Waals surface area contributed by atoms with E-state index in [2.05, 4.69) is 10.4 Å². The number of hydrogen-bond donors (Lipinski definition) is 1. The van der Waals surface area contributed by atoms with E-state index in [1.165, 1.54) is 11.8 Å². The van der Waals surface area contributed by atoms with Gasteiger partial charge >= 0.3 is 0 Å². The number of para-hydroxylation sites is 1. The van der Waals surface area contributed by atoms with Gasteiger partial charge in [0.2, 0.25) is 5.91 Å². The monoisotopic (exact) mass is 344 g/mol. The summed E-state index contributed by atoms with van der Waals surface area (Å²) in [6, 6.07) is 7.79. The summed E-state index contributed by atoms with van der Waals surface area (Å²) >= 11 is 1.28. The van der Waals surface area contributed by atoms with Crippen molar-refractivity contribution >= 4 is 35.0 Å². The van der Waals surface area contributed by atoms with Crippen molar-refractivity contribution in [2.24, 2.45) is 0 Å². The first-order valence-electron chi connectivity index (χ1n) is 7.74. The van der Waals surface area contributed by atoms with Gasteiger partial charge in [-0.3, -0.25) is 14.3 Å². The highest BCUT2D eigenvalue weighted by Gasteiger charge is 2.48. The quantitative estimate of drug-likeness (QED) is 0.870. The molecule has 1 unspecified atom stereocenters. The van der Waals surface area contributed by atoms with Crippen LogP contribution in [-0.2, 0) is 9.59 Å². The Morgan fingerprint density at radius 1 is 1.33 bits per heavy atom. The van der Waals surface area contributed by atoms with Crippen LogP contribution in [0.1, 0.15) is 26.8 Å². The van der Waals surface area contributed by atoms with E-state index in [0.29, 0.717) is 5.69 Å². The topological polar surface area (TPSA) is 67.2 Å². The van der Waals surface area contributed by atoms with Gasteiger partial charge in [0.25, 0.3) is 5.91 Å². The average molecular weight is 344 g/mol. The van der Waals surface area contributed by atoms with Gasteiger partial charge in [-0.25, -0.2) is 0 Å². The molecule has 7 heteroatoms. The van der Waals surface area contributed by atoms with Crippen LogP contribution in [0.2, 0.25) is 0 Å². The van der Waals surface area contributed by atoms with Crippen LogP contribution in [0.15, 0.2) is 41.6 Å². The number of anilines is 2. The number of benzene rings is 1. The van der Waals surface area contributed by atoms with Gasteiger partial charge in [0.1, 0.15) is 0 Å². The molecule has 1 aliphatic heterocycles. The Labute approximate surface area is 145 Å². The first-order chi connectivity index (χ1) is 11.3. The molecule has 2 amide bonds. The van der Waals surface area contributed by atoms with Crippen LogP contribution in [0.4, 0.5) is 11.4 Å². The van der Waals surface area contributed by atoms with Gasteiger partial charge < -0.3 is 10.2 Å². The van der Waals surface area contributed by atoms with E-state index in [9.17, 15) is 9.59 Å². The van der Waals surface area contributed by atoms with Crippen molar-refractivity contribution in [3.8, 4) is 0 Å². The standard InChI is InChI=1S/C17H20N4O2S/c1-11(2)21-10-12(9-18-21)19-15(22)17(3)16(23)20(4)13-7-5-6-8-14(13)24-17/h5-11H,1-4H3,(H,19,22). The van der Waals surface area contributed by atoms with Crippen molar-refractivity contribution in [2.45, 2.75) is 36.5 Å². The molecule has 0 radical (unpaired) electrons. The molecular formula is C17H20N4O2S.